The Labute approximate surface area is 263 Å². The number of hydrogen-bond donors (Lipinski definition) is 0. The number of allylic oxidation sites excluding steroid dienone is 4. The van der Waals surface area contributed by atoms with Crippen LogP contribution in [0.15, 0.2) is 35.9 Å². The summed E-state index contributed by atoms with van der Waals surface area (Å²) in [6.45, 7) is 25.6. The number of nitrogens with zero attached hydrogens (tertiary/aromatic N) is 1. The maximum atomic E-state index is 3.16. The lowest BCUT2D eigenvalue weighted by Crippen LogP contribution is -2.64. The first-order chi connectivity index (χ1) is 19.8. The topological polar surface area (TPSA) is 3.24 Å². The van der Waals surface area contributed by atoms with E-state index in [0.29, 0.717) is 0 Å². The lowest BCUT2D eigenvalue weighted by molar-refractivity contribution is 0.140. The highest BCUT2D eigenvalue weighted by Crippen LogP contribution is 2.61. The molecular weight excluding hydrogens is 539 g/mol. The van der Waals surface area contributed by atoms with Crippen molar-refractivity contribution in [2.45, 2.75) is 173 Å². The maximum Gasteiger partial charge on any atom is 0.126 e. The first-order valence-corrected chi connectivity index (χ1v) is 24.7. The van der Waals surface area contributed by atoms with E-state index in [2.05, 4.69) is 102 Å². The predicted octanol–water partition coefficient (Wildman–Crippen LogP) is 11.2. The van der Waals surface area contributed by atoms with Crippen molar-refractivity contribution in [3.05, 3.63) is 47.1 Å². The molecule has 3 unspecified atom stereocenters. The molecule has 4 aliphatic carbocycles. The molecule has 0 heterocycles. The molecule has 2 fully saturated rings. The van der Waals surface area contributed by atoms with Gasteiger partial charge in [-0.2, -0.15) is 0 Å². The second-order valence-corrected chi connectivity index (χ2v) is 27.0. The van der Waals surface area contributed by atoms with Gasteiger partial charge in [0.15, 0.2) is 0 Å². The Bertz CT molecular complexity index is 1160. The van der Waals surface area contributed by atoms with Gasteiger partial charge in [0.2, 0.25) is 0 Å². The molecule has 0 N–H and O–H groups in total. The van der Waals surface area contributed by atoms with Gasteiger partial charge in [-0.3, -0.25) is 0 Å². The summed E-state index contributed by atoms with van der Waals surface area (Å²) in [5, 5.41) is 1.65. The molecular formula is C39H65NSi2. The SMILES string of the molecule is CCCCC1(CCCC)C2=CC3C(C=C2c2ccc([Si](C)(C)C)cc21)CCC3[Si](C)(C)N(C1CCCCC1)C(C)(C)C. The van der Waals surface area contributed by atoms with E-state index in [1.54, 1.807) is 27.5 Å². The van der Waals surface area contributed by atoms with E-state index < -0.39 is 16.3 Å². The van der Waals surface area contributed by atoms with E-state index in [1.165, 1.54) is 83.5 Å². The molecule has 0 radical (unpaired) electrons. The first kappa shape index (κ1) is 32.5. The number of unbranched alkanes of at least 4 members (excludes halogenated alkanes) is 2. The summed E-state index contributed by atoms with van der Waals surface area (Å²) in [7, 11) is -3.12. The molecule has 0 saturated heterocycles. The van der Waals surface area contributed by atoms with Gasteiger partial charge in [-0.1, -0.05) is 133 Å². The monoisotopic (exact) mass is 603 g/mol. The number of rotatable bonds is 10. The zero-order valence-corrected chi connectivity index (χ0v) is 31.3. The van der Waals surface area contributed by atoms with Crippen molar-refractivity contribution < 1.29 is 0 Å². The molecule has 0 spiro atoms. The molecule has 234 valence electrons. The molecule has 1 aromatic carbocycles. The molecule has 2 saturated carbocycles. The van der Waals surface area contributed by atoms with E-state index in [0.717, 1.165) is 23.4 Å². The summed E-state index contributed by atoms with van der Waals surface area (Å²) < 4.78 is 3.16. The first-order valence-electron chi connectivity index (χ1n) is 18.1. The van der Waals surface area contributed by atoms with Gasteiger partial charge < -0.3 is 4.57 Å². The fourth-order valence-corrected chi connectivity index (χ4v) is 17.0. The van der Waals surface area contributed by atoms with Crippen LogP contribution in [-0.2, 0) is 5.41 Å². The van der Waals surface area contributed by atoms with Crippen LogP contribution >= 0.6 is 0 Å². The van der Waals surface area contributed by atoms with E-state index >= 15 is 0 Å². The average Bonchev–Trinajstić information content (AvgIpc) is 3.46. The van der Waals surface area contributed by atoms with Crippen LogP contribution in [0.4, 0.5) is 0 Å². The zero-order chi connectivity index (χ0) is 30.5. The molecule has 42 heavy (non-hydrogen) atoms. The number of fused-ring (bicyclic) bond motifs is 4. The second-order valence-electron chi connectivity index (χ2n) is 17.4. The standard InChI is InChI=1S/C39H65NSi2/c1-11-13-24-39(25-14-12-2)35-27-31(41(6,7)8)21-22-32(35)34-26-29-20-23-37(33(29)28-36(34)39)42(9,10)40(38(3,4)5)30-18-16-15-17-19-30/h21-22,26-30,33,37H,11-20,23-25H2,1-10H3. The summed E-state index contributed by atoms with van der Waals surface area (Å²) in [4.78, 5) is 0. The molecule has 4 aliphatic rings. The van der Waals surface area contributed by atoms with Crippen LogP contribution in [0.1, 0.15) is 129 Å². The fraction of sp³-hybridized carbons (Fsp3) is 0.744. The fourth-order valence-electron chi connectivity index (χ4n) is 10.4. The van der Waals surface area contributed by atoms with Crippen molar-refractivity contribution in [1.29, 1.82) is 0 Å². The van der Waals surface area contributed by atoms with E-state index in [-0.39, 0.29) is 11.0 Å². The Morgan fingerprint density at radius 2 is 1.48 bits per heavy atom. The summed E-state index contributed by atoms with van der Waals surface area (Å²) in [6, 6.07) is 8.61. The Morgan fingerprint density at radius 3 is 2.05 bits per heavy atom. The highest BCUT2D eigenvalue weighted by molar-refractivity contribution is 6.88. The lowest BCUT2D eigenvalue weighted by atomic mass is 9.68. The van der Waals surface area contributed by atoms with Gasteiger partial charge in [-0.25, -0.2) is 0 Å². The molecule has 1 nitrogen and oxygen atoms in total. The van der Waals surface area contributed by atoms with Crippen LogP contribution in [-0.4, -0.2) is 32.5 Å². The van der Waals surface area contributed by atoms with Crippen LogP contribution in [0.25, 0.3) is 5.57 Å². The minimum atomic E-state index is -1.72. The van der Waals surface area contributed by atoms with E-state index in [1.807, 2.05) is 0 Å². The summed E-state index contributed by atoms with van der Waals surface area (Å²) >= 11 is 0. The third-order valence-electron chi connectivity index (χ3n) is 12.1. The van der Waals surface area contributed by atoms with Gasteiger partial charge in [0, 0.05) is 17.0 Å². The molecule has 0 amide bonds. The molecule has 0 aliphatic heterocycles. The van der Waals surface area contributed by atoms with Crippen LogP contribution in [0.3, 0.4) is 0 Å². The van der Waals surface area contributed by atoms with Crippen molar-refractivity contribution in [3.63, 3.8) is 0 Å². The summed E-state index contributed by atoms with van der Waals surface area (Å²) in [6.07, 6.45) is 23.7. The van der Waals surface area contributed by atoms with Crippen LogP contribution in [0, 0.1) is 11.8 Å². The summed E-state index contributed by atoms with van der Waals surface area (Å²) in [5.74, 6) is 1.46. The third-order valence-corrected chi connectivity index (χ3v) is 18.9. The van der Waals surface area contributed by atoms with E-state index in [4.69, 9.17) is 0 Å². The van der Waals surface area contributed by atoms with Gasteiger partial charge in [0.1, 0.15) is 8.24 Å². The minimum absolute atomic E-state index is 0.222. The number of benzene rings is 1. The molecule has 0 bridgehead atoms. The van der Waals surface area contributed by atoms with Gasteiger partial charge in [0.05, 0.1) is 8.07 Å². The van der Waals surface area contributed by atoms with Crippen molar-refractivity contribution >= 4 is 27.1 Å². The molecule has 5 rings (SSSR count). The van der Waals surface area contributed by atoms with E-state index in [9.17, 15) is 0 Å². The smallest absolute Gasteiger partial charge is 0.126 e. The van der Waals surface area contributed by atoms with Crippen molar-refractivity contribution in [3.8, 4) is 0 Å². The second kappa shape index (κ2) is 12.1. The lowest BCUT2D eigenvalue weighted by Gasteiger charge is -2.55. The summed E-state index contributed by atoms with van der Waals surface area (Å²) in [5.41, 5.74) is 8.07. The maximum absolute atomic E-state index is 3.16. The normalized spacial score (nSPS) is 26.1. The van der Waals surface area contributed by atoms with Crippen LogP contribution in [0.2, 0.25) is 38.3 Å². The molecule has 3 atom stereocenters. The largest absolute Gasteiger partial charge is 0.316 e. The molecule has 0 aromatic heterocycles. The quantitative estimate of drug-likeness (QED) is 0.240. The van der Waals surface area contributed by atoms with Crippen molar-refractivity contribution in [2.24, 2.45) is 11.8 Å². The van der Waals surface area contributed by atoms with Gasteiger partial charge in [0.25, 0.3) is 0 Å². The van der Waals surface area contributed by atoms with Crippen LogP contribution < -0.4 is 5.19 Å². The Hall–Kier alpha value is -0.906. The van der Waals surface area contributed by atoms with Gasteiger partial charge >= 0.3 is 0 Å². The minimum Gasteiger partial charge on any atom is -0.316 e. The molecule has 1 aromatic rings. The molecule has 3 heteroatoms. The highest BCUT2D eigenvalue weighted by atomic mass is 28.3. The van der Waals surface area contributed by atoms with Crippen LogP contribution in [0.5, 0.6) is 0 Å². The zero-order valence-electron chi connectivity index (χ0n) is 29.3. The Balaban J connectivity index is 1.61. The Morgan fingerprint density at radius 1 is 0.833 bits per heavy atom. The Kier molecular flexibility index (Phi) is 9.38. The number of hydrogen-bond acceptors (Lipinski definition) is 1. The van der Waals surface area contributed by atoms with Crippen molar-refractivity contribution in [1.82, 2.24) is 4.57 Å². The van der Waals surface area contributed by atoms with Gasteiger partial charge in [-0.15, -0.1) is 0 Å². The average molecular weight is 604 g/mol. The van der Waals surface area contributed by atoms with Crippen molar-refractivity contribution in [2.75, 3.05) is 0 Å². The predicted molar refractivity (Wildman–Crippen MR) is 192 cm³/mol. The van der Waals surface area contributed by atoms with Gasteiger partial charge in [-0.05, 0) is 92.5 Å². The highest BCUT2D eigenvalue weighted by Gasteiger charge is 2.54. The third kappa shape index (κ3) is 5.78.